The fraction of sp³-hybridized carbons (Fsp3) is 0.115. The van der Waals surface area contributed by atoms with Gasteiger partial charge < -0.3 is 20.5 Å². The van der Waals surface area contributed by atoms with E-state index in [9.17, 15) is 20.0 Å². The number of nitro groups is 1. The lowest BCUT2D eigenvalue weighted by Gasteiger charge is -2.28. The number of para-hydroxylation sites is 2. The molecule has 5 rings (SSSR count). The van der Waals surface area contributed by atoms with E-state index in [0.29, 0.717) is 39.8 Å². The molecule has 11 heteroatoms. The largest absolute Gasteiger partial charge is 0.508 e. The number of non-ortho nitro benzene ring substituents is 1. The van der Waals surface area contributed by atoms with E-state index in [4.69, 9.17) is 4.74 Å². The number of hydrogen-bond acceptors (Lipinski definition) is 8. The summed E-state index contributed by atoms with van der Waals surface area (Å²) < 4.78 is 6.93. The van der Waals surface area contributed by atoms with Gasteiger partial charge in [-0.05, 0) is 36.8 Å². The van der Waals surface area contributed by atoms with Crippen LogP contribution in [0.25, 0.3) is 11.4 Å². The molecule has 0 saturated heterocycles. The molecular weight excluding hydrogens is 476 g/mol. The molecule has 0 fully saturated rings. The molecule has 3 N–H and O–H groups in total. The minimum atomic E-state index is -0.702. The van der Waals surface area contributed by atoms with Crippen LogP contribution in [0, 0.1) is 10.1 Å². The Kier molecular flexibility index (Phi) is 6.02. The van der Waals surface area contributed by atoms with Crippen molar-refractivity contribution in [3.63, 3.8) is 0 Å². The second kappa shape index (κ2) is 9.46. The van der Waals surface area contributed by atoms with E-state index in [-0.39, 0.29) is 23.2 Å². The van der Waals surface area contributed by atoms with E-state index >= 15 is 0 Å². The number of nitrogens with one attached hydrogen (secondary N) is 2. The topological polar surface area (TPSA) is 144 Å². The van der Waals surface area contributed by atoms with Gasteiger partial charge in [-0.2, -0.15) is 4.98 Å². The number of fused-ring (bicyclic) bond motifs is 1. The van der Waals surface area contributed by atoms with Crippen molar-refractivity contribution in [1.29, 1.82) is 0 Å². The molecule has 0 radical (unpaired) electrons. The van der Waals surface area contributed by atoms with Crippen molar-refractivity contribution in [2.24, 2.45) is 0 Å². The third-order valence-electron chi connectivity index (χ3n) is 5.98. The van der Waals surface area contributed by atoms with Crippen LogP contribution in [0.1, 0.15) is 18.5 Å². The molecule has 1 aliphatic heterocycles. The van der Waals surface area contributed by atoms with Crippen LogP contribution in [0.5, 0.6) is 11.5 Å². The molecule has 0 spiro atoms. The highest BCUT2D eigenvalue weighted by Gasteiger charge is 2.35. The van der Waals surface area contributed by atoms with E-state index in [2.05, 4.69) is 20.7 Å². The number of carbonyl (C=O) groups is 1. The van der Waals surface area contributed by atoms with Crippen molar-refractivity contribution in [2.75, 3.05) is 17.7 Å². The lowest BCUT2D eigenvalue weighted by molar-refractivity contribution is -0.384. The van der Waals surface area contributed by atoms with Gasteiger partial charge in [0.2, 0.25) is 5.95 Å². The SMILES string of the molecule is COc1ccccc1NC(=O)C1=C(C)Nc2nc(-c3cccc([N+](=O)[O-])c3)nn2C1c1ccc(O)cc1. The number of carbonyl (C=O) groups excluding carboxylic acids is 1. The highest BCUT2D eigenvalue weighted by atomic mass is 16.6. The number of amides is 1. The Balaban J connectivity index is 1.60. The van der Waals surface area contributed by atoms with Crippen LogP contribution >= 0.6 is 0 Å². The molecule has 4 aromatic rings. The molecule has 37 heavy (non-hydrogen) atoms. The minimum absolute atomic E-state index is 0.0782. The van der Waals surface area contributed by atoms with Crippen molar-refractivity contribution >= 4 is 23.2 Å². The number of ether oxygens (including phenoxy) is 1. The molecule has 1 aliphatic rings. The third-order valence-corrected chi connectivity index (χ3v) is 5.98. The van der Waals surface area contributed by atoms with E-state index in [0.717, 1.165) is 0 Å². The van der Waals surface area contributed by atoms with Crippen LogP contribution < -0.4 is 15.4 Å². The first-order chi connectivity index (χ1) is 17.9. The number of benzene rings is 3. The molecule has 1 atom stereocenters. The van der Waals surface area contributed by atoms with Crippen molar-refractivity contribution < 1.29 is 19.6 Å². The number of hydrogen-bond donors (Lipinski definition) is 3. The Hall–Kier alpha value is -5.19. The third kappa shape index (κ3) is 4.45. The number of aromatic hydroxyl groups is 1. The highest BCUT2D eigenvalue weighted by molar-refractivity contribution is 6.06. The zero-order valence-electron chi connectivity index (χ0n) is 19.9. The average molecular weight is 498 g/mol. The second-order valence-electron chi connectivity index (χ2n) is 8.32. The molecule has 0 aliphatic carbocycles. The first-order valence-electron chi connectivity index (χ1n) is 11.3. The molecule has 11 nitrogen and oxygen atoms in total. The quantitative estimate of drug-likeness (QED) is 0.260. The molecular formula is C26H22N6O5. The van der Waals surface area contributed by atoms with Gasteiger partial charge in [0, 0.05) is 23.4 Å². The van der Waals surface area contributed by atoms with Gasteiger partial charge in [-0.15, -0.1) is 5.10 Å². The number of nitrogens with zero attached hydrogens (tertiary/aromatic N) is 4. The number of aromatic nitrogens is 3. The number of methoxy groups -OCH3 is 1. The molecule has 2 heterocycles. The van der Waals surface area contributed by atoms with E-state index < -0.39 is 11.0 Å². The zero-order chi connectivity index (χ0) is 26.1. The van der Waals surface area contributed by atoms with Gasteiger partial charge in [0.1, 0.15) is 17.5 Å². The maximum absolute atomic E-state index is 13.7. The van der Waals surface area contributed by atoms with Gasteiger partial charge in [0.05, 0.1) is 23.3 Å². The standard InChI is InChI=1S/C26H22N6O5/c1-15-22(25(34)28-20-8-3-4-9-21(20)37-2)23(16-10-12-19(33)13-11-16)31-26(27-15)29-24(30-31)17-6-5-7-18(14-17)32(35)36/h3-14,23,33H,1-2H3,(H,28,34)(H,27,29,30). The highest BCUT2D eigenvalue weighted by Crippen LogP contribution is 2.38. The van der Waals surface area contributed by atoms with Crippen molar-refractivity contribution in [1.82, 2.24) is 14.8 Å². The molecule has 0 saturated carbocycles. The Morgan fingerprint density at radius 1 is 1.14 bits per heavy atom. The van der Waals surface area contributed by atoms with Crippen molar-refractivity contribution in [3.8, 4) is 22.9 Å². The van der Waals surface area contributed by atoms with Gasteiger partial charge in [0.25, 0.3) is 11.6 Å². The van der Waals surface area contributed by atoms with E-state index in [1.807, 2.05) is 0 Å². The fourth-order valence-corrected chi connectivity index (χ4v) is 4.23. The zero-order valence-corrected chi connectivity index (χ0v) is 19.9. The lowest BCUT2D eigenvalue weighted by Crippen LogP contribution is -2.31. The summed E-state index contributed by atoms with van der Waals surface area (Å²) in [6.07, 6.45) is 0. The molecule has 186 valence electrons. The monoisotopic (exact) mass is 498 g/mol. The Morgan fingerprint density at radius 2 is 1.89 bits per heavy atom. The maximum Gasteiger partial charge on any atom is 0.270 e. The van der Waals surface area contributed by atoms with Crippen molar-refractivity contribution in [2.45, 2.75) is 13.0 Å². The van der Waals surface area contributed by atoms with Crippen LogP contribution in [-0.4, -0.2) is 37.8 Å². The Bertz CT molecular complexity index is 1540. The Labute approximate surface area is 211 Å². The molecule has 1 aromatic heterocycles. The summed E-state index contributed by atoms with van der Waals surface area (Å²) in [5.74, 6) is 0.827. The van der Waals surface area contributed by atoms with Gasteiger partial charge in [-0.3, -0.25) is 14.9 Å². The first kappa shape index (κ1) is 23.5. The van der Waals surface area contributed by atoms with Gasteiger partial charge in [-0.1, -0.05) is 36.4 Å². The lowest BCUT2D eigenvalue weighted by atomic mass is 9.95. The molecule has 3 aromatic carbocycles. The predicted molar refractivity (Wildman–Crippen MR) is 136 cm³/mol. The van der Waals surface area contributed by atoms with Crippen LogP contribution in [-0.2, 0) is 4.79 Å². The normalized spacial score (nSPS) is 14.5. The summed E-state index contributed by atoms with van der Waals surface area (Å²) in [4.78, 5) is 29.0. The molecule has 1 amide bonds. The van der Waals surface area contributed by atoms with Crippen LogP contribution in [0.3, 0.4) is 0 Å². The van der Waals surface area contributed by atoms with E-state index in [1.54, 1.807) is 60.1 Å². The van der Waals surface area contributed by atoms with Crippen molar-refractivity contribution in [3.05, 3.63) is 99.7 Å². The smallest absolute Gasteiger partial charge is 0.270 e. The summed E-state index contributed by atoms with van der Waals surface area (Å²) >= 11 is 0. The van der Waals surface area contributed by atoms with Crippen LogP contribution in [0.2, 0.25) is 0 Å². The summed E-state index contributed by atoms with van der Waals surface area (Å²) in [6, 6.07) is 18.9. The number of anilines is 2. The predicted octanol–water partition coefficient (Wildman–Crippen LogP) is 4.50. The van der Waals surface area contributed by atoms with Crippen LogP contribution in [0.15, 0.2) is 84.1 Å². The van der Waals surface area contributed by atoms with Crippen LogP contribution in [0.4, 0.5) is 17.3 Å². The number of phenolic OH excluding ortho intramolecular Hbond substituents is 1. The van der Waals surface area contributed by atoms with Gasteiger partial charge >= 0.3 is 0 Å². The molecule has 1 unspecified atom stereocenters. The second-order valence-corrected chi connectivity index (χ2v) is 8.32. The number of phenols is 1. The van der Waals surface area contributed by atoms with Gasteiger partial charge in [0.15, 0.2) is 5.82 Å². The first-order valence-corrected chi connectivity index (χ1v) is 11.3. The number of nitro benzene ring substituents is 1. The van der Waals surface area contributed by atoms with Gasteiger partial charge in [-0.25, -0.2) is 4.68 Å². The number of rotatable bonds is 6. The van der Waals surface area contributed by atoms with E-state index in [1.165, 1.54) is 31.4 Å². The minimum Gasteiger partial charge on any atom is -0.508 e. The summed E-state index contributed by atoms with van der Waals surface area (Å²) in [5, 5.41) is 31.8. The summed E-state index contributed by atoms with van der Waals surface area (Å²) in [7, 11) is 1.52. The maximum atomic E-state index is 13.7. The number of allylic oxidation sites excluding steroid dienone is 1. The summed E-state index contributed by atoms with van der Waals surface area (Å²) in [6.45, 7) is 1.76. The summed E-state index contributed by atoms with van der Waals surface area (Å²) in [5.41, 5.74) is 2.48. The molecule has 0 bridgehead atoms. The average Bonchev–Trinajstić information content (AvgIpc) is 3.32. The Morgan fingerprint density at radius 3 is 2.62 bits per heavy atom. The fourth-order valence-electron chi connectivity index (χ4n) is 4.23.